The first-order valence-corrected chi connectivity index (χ1v) is 4.14. The van der Waals surface area contributed by atoms with Crippen LogP contribution in [-0.4, -0.2) is 4.98 Å². The maximum absolute atomic E-state index is 8.85. The molecule has 0 unspecified atom stereocenters. The van der Waals surface area contributed by atoms with Gasteiger partial charge in [-0.2, -0.15) is 5.26 Å². The molecule has 62 valence electrons. The number of nitriles is 1. The van der Waals surface area contributed by atoms with Crippen LogP contribution in [0.4, 0.5) is 0 Å². The van der Waals surface area contributed by atoms with Crippen molar-refractivity contribution in [1.29, 1.82) is 5.26 Å². The van der Waals surface area contributed by atoms with E-state index in [0.29, 0.717) is 10.6 Å². The van der Waals surface area contributed by atoms with Crippen molar-refractivity contribution in [2.24, 2.45) is 0 Å². The molecule has 0 saturated heterocycles. The van der Waals surface area contributed by atoms with E-state index in [1.165, 1.54) is 0 Å². The Hall–Kier alpha value is -1.59. The van der Waals surface area contributed by atoms with Crippen LogP contribution < -0.4 is 0 Å². The van der Waals surface area contributed by atoms with Gasteiger partial charge in [-0.05, 0) is 24.3 Å². The second-order valence-corrected chi connectivity index (χ2v) is 3.01. The van der Waals surface area contributed by atoms with Gasteiger partial charge in [0, 0.05) is 11.6 Å². The van der Waals surface area contributed by atoms with Gasteiger partial charge in [-0.25, -0.2) is 0 Å². The summed E-state index contributed by atoms with van der Waals surface area (Å²) in [5.41, 5.74) is 1.29. The number of halogens is 1. The maximum Gasteiger partial charge on any atom is 0.101 e. The zero-order chi connectivity index (χ0) is 9.26. The average Bonchev–Trinajstić information content (AvgIpc) is 2.18. The lowest BCUT2D eigenvalue weighted by Crippen LogP contribution is -1.83. The Morgan fingerprint density at radius 1 is 1.31 bits per heavy atom. The van der Waals surface area contributed by atoms with E-state index in [2.05, 4.69) is 11.1 Å². The molecule has 2 nitrogen and oxygen atoms in total. The van der Waals surface area contributed by atoms with Crippen LogP contribution in [0.2, 0.25) is 5.02 Å². The molecule has 0 saturated carbocycles. The highest BCUT2D eigenvalue weighted by Crippen LogP contribution is 2.23. The van der Waals surface area contributed by atoms with Gasteiger partial charge >= 0.3 is 0 Å². The highest BCUT2D eigenvalue weighted by atomic mass is 35.5. The molecule has 0 spiro atoms. The van der Waals surface area contributed by atoms with Gasteiger partial charge in [0.1, 0.15) is 6.07 Å². The summed E-state index contributed by atoms with van der Waals surface area (Å²) >= 11 is 5.85. The molecule has 2 rings (SSSR count). The highest BCUT2D eigenvalue weighted by molar-refractivity contribution is 6.32. The van der Waals surface area contributed by atoms with E-state index in [4.69, 9.17) is 16.9 Å². The van der Waals surface area contributed by atoms with E-state index in [0.717, 1.165) is 10.9 Å². The van der Waals surface area contributed by atoms with Crippen LogP contribution in [0.1, 0.15) is 5.56 Å². The molecule has 0 aliphatic rings. The zero-order valence-electron chi connectivity index (χ0n) is 6.66. The van der Waals surface area contributed by atoms with Crippen molar-refractivity contribution in [1.82, 2.24) is 4.98 Å². The minimum Gasteiger partial charge on any atom is -0.256 e. The van der Waals surface area contributed by atoms with Crippen molar-refractivity contribution in [3.05, 3.63) is 41.0 Å². The lowest BCUT2D eigenvalue weighted by Gasteiger charge is -1.99. The van der Waals surface area contributed by atoms with E-state index < -0.39 is 0 Å². The Labute approximate surface area is 80.4 Å². The molecule has 0 bridgehead atoms. The molecule has 0 N–H and O–H groups in total. The summed E-state index contributed by atoms with van der Waals surface area (Å²) in [4.78, 5) is 4.12. The summed E-state index contributed by atoms with van der Waals surface area (Å²) in [6, 6.07) is 9.19. The van der Waals surface area contributed by atoms with Crippen LogP contribution in [-0.2, 0) is 0 Å². The van der Waals surface area contributed by atoms with Gasteiger partial charge in [-0.3, -0.25) is 4.98 Å². The molecule has 1 heterocycles. The second kappa shape index (κ2) is 3.04. The van der Waals surface area contributed by atoms with Gasteiger partial charge in [0.2, 0.25) is 0 Å². The molecule has 13 heavy (non-hydrogen) atoms. The topological polar surface area (TPSA) is 36.7 Å². The molecular weight excluding hydrogens is 184 g/mol. The van der Waals surface area contributed by atoms with Crippen molar-refractivity contribution in [3.63, 3.8) is 0 Å². The van der Waals surface area contributed by atoms with Crippen molar-refractivity contribution in [2.75, 3.05) is 0 Å². The lowest BCUT2D eigenvalue weighted by atomic mass is 10.1. The number of pyridine rings is 1. The predicted octanol–water partition coefficient (Wildman–Crippen LogP) is 2.76. The van der Waals surface area contributed by atoms with E-state index in [1.807, 2.05) is 6.07 Å². The van der Waals surface area contributed by atoms with Crippen molar-refractivity contribution in [3.8, 4) is 6.07 Å². The Balaban J connectivity index is 2.94. The minimum atomic E-state index is 0.475. The highest BCUT2D eigenvalue weighted by Gasteiger charge is 2.04. The molecule has 0 aliphatic heterocycles. The Morgan fingerprint density at radius 3 is 2.92 bits per heavy atom. The summed E-state index contributed by atoms with van der Waals surface area (Å²) in [5, 5.41) is 10.1. The molecule has 1 aromatic carbocycles. The van der Waals surface area contributed by atoms with Crippen molar-refractivity contribution in [2.45, 2.75) is 0 Å². The van der Waals surface area contributed by atoms with Crippen molar-refractivity contribution >= 4 is 22.5 Å². The van der Waals surface area contributed by atoms with E-state index >= 15 is 0 Å². The van der Waals surface area contributed by atoms with Crippen LogP contribution >= 0.6 is 11.6 Å². The fourth-order valence-electron chi connectivity index (χ4n) is 1.24. The Kier molecular flexibility index (Phi) is 1.88. The summed E-state index contributed by atoms with van der Waals surface area (Å²) < 4.78 is 0. The van der Waals surface area contributed by atoms with Crippen LogP contribution in [0.5, 0.6) is 0 Å². The normalized spacial score (nSPS) is 9.85. The Bertz CT molecular complexity index is 500. The third-order valence-corrected chi connectivity index (χ3v) is 2.16. The van der Waals surface area contributed by atoms with Gasteiger partial charge in [0.15, 0.2) is 0 Å². The SMILES string of the molecule is N#Cc1c(Cl)ccc2ncccc12. The van der Waals surface area contributed by atoms with Gasteiger partial charge in [-0.15, -0.1) is 0 Å². The van der Waals surface area contributed by atoms with Crippen LogP contribution in [0.3, 0.4) is 0 Å². The van der Waals surface area contributed by atoms with Crippen LogP contribution in [0.15, 0.2) is 30.5 Å². The molecule has 1 aromatic heterocycles. The fourth-order valence-corrected chi connectivity index (χ4v) is 1.45. The zero-order valence-corrected chi connectivity index (χ0v) is 7.42. The molecule has 0 radical (unpaired) electrons. The molecule has 0 fully saturated rings. The summed E-state index contributed by atoms with van der Waals surface area (Å²) in [7, 11) is 0. The first kappa shape index (κ1) is 8.03. The summed E-state index contributed by atoms with van der Waals surface area (Å²) in [6.07, 6.45) is 1.69. The number of aromatic nitrogens is 1. The Morgan fingerprint density at radius 2 is 2.15 bits per heavy atom. The summed E-state index contributed by atoms with van der Waals surface area (Å²) in [6.45, 7) is 0. The van der Waals surface area contributed by atoms with E-state index in [9.17, 15) is 0 Å². The van der Waals surface area contributed by atoms with Gasteiger partial charge in [0.25, 0.3) is 0 Å². The number of benzene rings is 1. The van der Waals surface area contributed by atoms with E-state index in [1.54, 1.807) is 24.4 Å². The fraction of sp³-hybridized carbons (Fsp3) is 0. The average molecular weight is 189 g/mol. The predicted molar refractivity (Wildman–Crippen MR) is 51.5 cm³/mol. The molecule has 0 atom stereocenters. The number of hydrogen-bond donors (Lipinski definition) is 0. The third kappa shape index (κ3) is 1.24. The molecular formula is C10H5ClN2. The minimum absolute atomic E-state index is 0.475. The molecule has 0 aliphatic carbocycles. The number of rotatable bonds is 0. The standard InChI is InChI=1S/C10H5ClN2/c11-9-3-4-10-7(8(9)6-12)2-1-5-13-10/h1-5H. The number of fused-ring (bicyclic) bond motifs is 1. The van der Waals surface area contributed by atoms with Gasteiger partial charge in [0.05, 0.1) is 16.1 Å². The first-order chi connectivity index (χ1) is 6.33. The first-order valence-electron chi connectivity index (χ1n) is 3.76. The maximum atomic E-state index is 8.85. The number of nitrogens with zero attached hydrogens (tertiary/aromatic N) is 2. The van der Waals surface area contributed by atoms with Gasteiger partial charge < -0.3 is 0 Å². The monoisotopic (exact) mass is 188 g/mol. The smallest absolute Gasteiger partial charge is 0.101 e. The van der Waals surface area contributed by atoms with Crippen molar-refractivity contribution < 1.29 is 0 Å². The third-order valence-electron chi connectivity index (χ3n) is 1.85. The van der Waals surface area contributed by atoms with Crippen LogP contribution in [0, 0.1) is 11.3 Å². The van der Waals surface area contributed by atoms with Gasteiger partial charge in [-0.1, -0.05) is 11.6 Å². The quantitative estimate of drug-likeness (QED) is 0.638. The largest absolute Gasteiger partial charge is 0.256 e. The molecule has 2 aromatic rings. The molecule has 0 amide bonds. The van der Waals surface area contributed by atoms with Crippen LogP contribution in [0.25, 0.3) is 10.9 Å². The van der Waals surface area contributed by atoms with E-state index in [-0.39, 0.29) is 0 Å². The summed E-state index contributed by atoms with van der Waals surface area (Å²) in [5.74, 6) is 0. The number of hydrogen-bond acceptors (Lipinski definition) is 2. The molecule has 3 heteroatoms. The lowest BCUT2D eigenvalue weighted by molar-refractivity contribution is 1.40. The second-order valence-electron chi connectivity index (χ2n) is 2.60.